The van der Waals surface area contributed by atoms with Crippen molar-refractivity contribution in [3.8, 4) is 11.5 Å². The molecule has 0 bridgehead atoms. The third-order valence-corrected chi connectivity index (χ3v) is 4.23. The summed E-state index contributed by atoms with van der Waals surface area (Å²) in [4.78, 5) is 2.37. The second kappa shape index (κ2) is 5.98. The van der Waals surface area contributed by atoms with Crippen LogP contribution in [-0.4, -0.2) is 13.1 Å². The minimum Gasteiger partial charge on any atom is -0.456 e. The number of benzene rings is 2. The second-order valence-corrected chi connectivity index (χ2v) is 6.09. The highest BCUT2D eigenvalue weighted by Gasteiger charge is 2.14. The molecule has 3 rings (SSSR count). The van der Waals surface area contributed by atoms with Crippen molar-refractivity contribution in [3.05, 3.63) is 52.5 Å². The van der Waals surface area contributed by atoms with E-state index < -0.39 is 0 Å². The predicted octanol–water partition coefficient (Wildman–Crippen LogP) is 5.35. The molecule has 3 heteroatoms. The zero-order valence-corrected chi connectivity index (χ0v) is 13.3. The minimum absolute atomic E-state index is 0.666. The smallest absolute Gasteiger partial charge is 0.146 e. The van der Waals surface area contributed by atoms with Crippen molar-refractivity contribution >= 4 is 17.3 Å². The molecule has 2 aromatic carbocycles. The molecule has 0 unspecified atom stereocenters. The van der Waals surface area contributed by atoms with Gasteiger partial charge < -0.3 is 9.64 Å². The van der Waals surface area contributed by atoms with Gasteiger partial charge in [-0.05, 0) is 56.5 Å². The van der Waals surface area contributed by atoms with Crippen LogP contribution in [0, 0.1) is 13.8 Å². The molecule has 0 amide bonds. The zero-order chi connectivity index (χ0) is 14.8. The first kappa shape index (κ1) is 14.3. The van der Waals surface area contributed by atoms with Gasteiger partial charge in [-0.25, -0.2) is 0 Å². The van der Waals surface area contributed by atoms with Gasteiger partial charge in [0.1, 0.15) is 11.5 Å². The summed E-state index contributed by atoms with van der Waals surface area (Å²) in [5, 5.41) is 0.666. The van der Waals surface area contributed by atoms with Crippen LogP contribution in [0.1, 0.15) is 24.0 Å². The number of aryl methyl sites for hydroxylation is 2. The van der Waals surface area contributed by atoms with Crippen LogP contribution in [0.15, 0.2) is 36.4 Å². The monoisotopic (exact) mass is 301 g/mol. The molecule has 1 fully saturated rings. The standard InChI is InChI=1S/C18H20ClNO/c1-13-5-7-17(14(2)11-13)21-18-8-6-15(12-16(18)19)20-9-3-4-10-20/h5-8,11-12H,3-4,9-10H2,1-2H3. The van der Waals surface area contributed by atoms with E-state index in [1.165, 1.54) is 24.1 Å². The van der Waals surface area contributed by atoms with Gasteiger partial charge in [0.15, 0.2) is 0 Å². The molecule has 2 aromatic rings. The lowest BCUT2D eigenvalue weighted by Gasteiger charge is -2.19. The molecular weight excluding hydrogens is 282 g/mol. The first-order valence-electron chi connectivity index (χ1n) is 7.43. The first-order valence-corrected chi connectivity index (χ1v) is 7.81. The number of hydrogen-bond acceptors (Lipinski definition) is 2. The maximum Gasteiger partial charge on any atom is 0.146 e. The van der Waals surface area contributed by atoms with Crippen molar-refractivity contribution in [2.45, 2.75) is 26.7 Å². The number of nitrogens with zero attached hydrogens (tertiary/aromatic N) is 1. The van der Waals surface area contributed by atoms with Crippen molar-refractivity contribution in [2.75, 3.05) is 18.0 Å². The fraction of sp³-hybridized carbons (Fsp3) is 0.333. The maximum absolute atomic E-state index is 6.39. The molecule has 0 saturated carbocycles. The van der Waals surface area contributed by atoms with Crippen molar-refractivity contribution in [1.82, 2.24) is 0 Å². The van der Waals surface area contributed by atoms with Gasteiger partial charge in [-0.2, -0.15) is 0 Å². The lowest BCUT2D eigenvalue weighted by molar-refractivity contribution is 0.479. The Hall–Kier alpha value is -1.67. The van der Waals surface area contributed by atoms with Crippen molar-refractivity contribution in [1.29, 1.82) is 0 Å². The molecule has 0 aromatic heterocycles. The van der Waals surface area contributed by atoms with Crippen LogP contribution in [0.25, 0.3) is 0 Å². The predicted molar refractivity (Wildman–Crippen MR) is 88.9 cm³/mol. The quantitative estimate of drug-likeness (QED) is 0.757. The van der Waals surface area contributed by atoms with Gasteiger partial charge in [0, 0.05) is 18.8 Å². The Labute approximate surface area is 131 Å². The van der Waals surface area contributed by atoms with Crippen LogP contribution < -0.4 is 9.64 Å². The Kier molecular flexibility index (Phi) is 4.07. The summed E-state index contributed by atoms with van der Waals surface area (Å²) in [5.41, 5.74) is 3.54. The number of halogens is 1. The van der Waals surface area contributed by atoms with Crippen molar-refractivity contribution in [2.24, 2.45) is 0 Å². The molecule has 21 heavy (non-hydrogen) atoms. The van der Waals surface area contributed by atoms with E-state index in [0.29, 0.717) is 10.8 Å². The first-order chi connectivity index (χ1) is 10.1. The highest BCUT2D eigenvalue weighted by Crippen LogP contribution is 2.35. The molecule has 0 aliphatic carbocycles. The van der Waals surface area contributed by atoms with Gasteiger partial charge in [-0.3, -0.25) is 0 Å². The third kappa shape index (κ3) is 3.16. The molecule has 1 saturated heterocycles. The number of ether oxygens (including phenoxy) is 1. The molecule has 0 atom stereocenters. The van der Waals surface area contributed by atoms with Crippen LogP contribution in [-0.2, 0) is 0 Å². The average Bonchev–Trinajstić information content (AvgIpc) is 2.98. The summed E-state index contributed by atoms with van der Waals surface area (Å²) < 4.78 is 5.96. The summed E-state index contributed by atoms with van der Waals surface area (Å²) in [5.74, 6) is 1.57. The van der Waals surface area contributed by atoms with Gasteiger partial charge in [0.2, 0.25) is 0 Å². The third-order valence-electron chi connectivity index (χ3n) is 3.94. The molecule has 110 valence electrons. The van der Waals surface area contributed by atoms with Crippen LogP contribution in [0.2, 0.25) is 5.02 Å². The fourth-order valence-electron chi connectivity index (χ4n) is 2.78. The van der Waals surface area contributed by atoms with Crippen molar-refractivity contribution in [3.63, 3.8) is 0 Å². The molecule has 1 heterocycles. The van der Waals surface area contributed by atoms with Crippen LogP contribution in [0.4, 0.5) is 5.69 Å². The Morgan fingerprint density at radius 1 is 0.952 bits per heavy atom. The summed E-state index contributed by atoms with van der Waals surface area (Å²) in [6.45, 7) is 6.37. The highest BCUT2D eigenvalue weighted by atomic mass is 35.5. The SMILES string of the molecule is Cc1ccc(Oc2ccc(N3CCCC3)cc2Cl)c(C)c1. The largest absolute Gasteiger partial charge is 0.456 e. The van der Waals surface area contributed by atoms with Crippen LogP contribution >= 0.6 is 11.6 Å². The van der Waals surface area contributed by atoms with Crippen LogP contribution in [0.5, 0.6) is 11.5 Å². The van der Waals surface area contributed by atoms with E-state index in [4.69, 9.17) is 16.3 Å². The summed E-state index contributed by atoms with van der Waals surface area (Å²) >= 11 is 6.39. The molecule has 0 N–H and O–H groups in total. The van der Waals surface area contributed by atoms with Crippen molar-refractivity contribution < 1.29 is 4.74 Å². The minimum atomic E-state index is 0.666. The Bertz CT molecular complexity index is 648. The fourth-order valence-corrected chi connectivity index (χ4v) is 2.99. The van der Waals surface area contributed by atoms with E-state index in [1.54, 1.807) is 0 Å². The normalized spacial score (nSPS) is 14.5. The highest BCUT2D eigenvalue weighted by molar-refractivity contribution is 6.32. The number of hydrogen-bond donors (Lipinski definition) is 0. The number of anilines is 1. The van der Waals surface area contributed by atoms with Crippen LogP contribution in [0.3, 0.4) is 0 Å². The van der Waals surface area contributed by atoms with E-state index >= 15 is 0 Å². The van der Waals surface area contributed by atoms with E-state index in [0.717, 1.165) is 24.4 Å². The van der Waals surface area contributed by atoms with Gasteiger partial charge in [0.05, 0.1) is 5.02 Å². The Morgan fingerprint density at radius 3 is 2.33 bits per heavy atom. The summed E-state index contributed by atoms with van der Waals surface area (Å²) in [7, 11) is 0. The van der Waals surface area contributed by atoms with Gasteiger partial charge in [-0.15, -0.1) is 0 Å². The van der Waals surface area contributed by atoms with E-state index in [1.807, 2.05) is 18.2 Å². The van der Waals surface area contributed by atoms with E-state index in [-0.39, 0.29) is 0 Å². The van der Waals surface area contributed by atoms with Gasteiger partial charge in [0.25, 0.3) is 0 Å². The average molecular weight is 302 g/mol. The molecule has 1 aliphatic heterocycles. The maximum atomic E-state index is 6.39. The lowest BCUT2D eigenvalue weighted by Crippen LogP contribution is -2.17. The summed E-state index contributed by atoms with van der Waals surface area (Å²) in [6, 6.07) is 12.2. The van der Waals surface area contributed by atoms with Gasteiger partial charge >= 0.3 is 0 Å². The zero-order valence-electron chi connectivity index (χ0n) is 12.5. The molecule has 0 radical (unpaired) electrons. The lowest BCUT2D eigenvalue weighted by atomic mass is 10.1. The van der Waals surface area contributed by atoms with Gasteiger partial charge in [-0.1, -0.05) is 29.3 Å². The summed E-state index contributed by atoms with van der Waals surface area (Å²) in [6.07, 6.45) is 2.52. The topological polar surface area (TPSA) is 12.5 Å². The molecule has 0 spiro atoms. The molecule has 2 nitrogen and oxygen atoms in total. The molecular formula is C18H20ClNO. The van der Waals surface area contributed by atoms with E-state index in [2.05, 4.69) is 36.9 Å². The Balaban J connectivity index is 1.82. The number of rotatable bonds is 3. The van der Waals surface area contributed by atoms with E-state index in [9.17, 15) is 0 Å². The Morgan fingerprint density at radius 2 is 1.67 bits per heavy atom. The molecule has 1 aliphatic rings. The second-order valence-electron chi connectivity index (χ2n) is 5.68.